The number of carbonyl (C=O) groups excluding carboxylic acids is 1. The maximum absolute atomic E-state index is 12.6. The third kappa shape index (κ3) is 3.39. The first kappa shape index (κ1) is 15.6. The van der Waals surface area contributed by atoms with Crippen LogP contribution in [0, 0.1) is 0 Å². The molecule has 1 aromatic carbocycles. The fraction of sp³-hybridized carbons (Fsp3) is 0.588. The van der Waals surface area contributed by atoms with Gasteiger partial charge in [-0.3, -0.25) is 9.69 Å². The smallest absolute Gasteiger partial charge is 0.240 e. The van der Waals surface area contributed by atoms with Gasteiger partial charge in [0.25, 0.3) is 0 Å². The van der Waals surface area contributed by atoms with Gasteiger partial charge in [-0.25, -0.2) is 0 Å². The van der Waals surface area contributed by atoms with Crippen molar-refractivity contribution in [2.75, 3.05) is 26.7 Å². The predicted molar refractivity (Wildman–Crippen MR) is 87.3 cm³/mol. The Balaban J connectivity index is 1.52. The number of hydrogen-bond donors (Lipinski definition) is 0. The van der Waals surface area contributed by atoms with Crippen molar-refractivity contribution in [3.05, 3.63) is 29.3 Å². The molecule has 5 heteroatoms. The zero-order valence-electron chi connectivity index (χ0n) is 13.0. The van der Waals surface area contributed by atoms with Crippen molar-refractivity contribution >= 4 is 17.5 Å². The van der Waals surface area contributed by atoms with E-state index in [2.05, 4.69) is 11.9 Å². The standard InChI is InChI=1S/C17H23ClN2O2/c1-19-10-6-2-3-8-15(19)17(21)20-11-13(12-20)22-16-9-5-4-7-14(16)18/h4-5,7,9,13,15H,2-3,6,8,10-12H2,1H3/t15-/m1/s1. The summed E-state index contributed by atoms with van der Waals surface area (Å²) in [4.78, 5) is 16.7. The molecular weight excluding hydrogens is 300 g/mol. The van der Waals surface area contributed by atoms with E-state index in [1.54, 1.807) is 0 Å². The van der Waals surface area contributed by atoms with Gasteiger partial charge in [-0.1, -0.05) is 36.6 Å². The minimum absolute atomic E-state index is 0.0452. The van der Waals surface area contributed by atoms with E-state index < -0.39 is 0 Å². The third-order valence-corrected chi connectivity index (χ3v) is 4.91. The van der Waals surface area contributed by atoms with Gasteiger partial charge >= 0.3 is 0 Å². The van der Waals surface area contributed by atoms with Gasteiger partial charge in [-0.2, -0.15) is 0 Å². The number of hydrogen-bond acceptors (Lipinski definition) is 3. The van der Waals surface area contributed by atoms with Gasteiger partial charge in [-0.15, -0.1) is 0 Å². The molecular formula is C17H23ClN2O2. The van der Waals surface area contributed by atoms with E-state index in [-0.39, 0.29) is 18.1 Å². The molecule has 0 aromatic heterocycles. The van der Waals surface area contributed by atoms with Crippen LogP contribution in [0.1, 0.15) is 25.7 Å². The third-order valence-electron chi connectivity index (χ3n) is 4.60. The first-order valence-corrected chi connectivity index (χ1v) is 8.43. The molecule has 1 atom stereocenters. The summed E-state index contributed by atoms with van der Waals surface area (Å²) in [5, 5.41) is 0.621. The lowest BCUT2D eigenvalue weighted by atomic mass is 10.1. The highest BCUT2D eigenvalue weighted by Gasteiger charge is 2.37. The predicted octanol–water partition coefficient (Wildman–Crippen LogP) is 2.80. The lowest BCUT2D eigenvalue weighted by molar-refractivity contribution is -0.145. The molecule has 2 aliphatic rings. The van der Waals surface area contributed by atoms with Crippen LogP contribution in [0.4, 0.5) is 0 Å². The van der Waals surface area contributed by atoms with Crippen LogP contribution < -0.4 is 4.74 Å². The SMILES string of the molecule is CN1CCCCC[C@@H]1C(=O)N1CC(Oc2ccccc2Cl)C1. The van der Waals surface area contributed by atoms with E-state index in [1.165, 1.54) is 12.8 Å². The van der Waals surface area contributed by atoms with Gasteiger partial charge in [0, 0.05) is 0 Å². The molecule has 0 saturated carbocycles. The lowest BCUT2D eigenvalue weighted by Crippen LogP contribution is -2.60. The van der Waals surface area contributed by atoms with Crippen molar-refractivity contribution in [1.82, 2.24) is 9.80 Å². The summed E-state index contributed by atoms with van der Waals surface area (Å²) in [6.07, 6.45) is 4.60. The zero-order chi connectivity index (χ0) is 15.5. The average Bonchev–Trinajstić information content (AvgIpc) is 2.68. The quantitative estimate of drug-likeness (QED) is 0.858. The summed E-state index contributed by atoms with van der Waals surface area (Å²) in [7, 11) is 2.06. The summed E-state index contributed by atoms with van der Waals surface area (Å²) in [6, 6.07) is 7.52. The van der Waals surface area contributed by atoms with Gasteiger partial charge in [0.15, 0.2) is 0 Å². The Morgan fingerprint density at radius 1 is 1.23 bits per heavy atom. The Bertz CT molecular complexity index is 531. The van der Waals surface area contributed by atoms with Crippen LogP contribution in [0.15, 0.2) is 24.3 Å². The van der Waals surface area contributed by atoms with Gasteiger partial charge in [0.05, 0.1) is 24.2 Å². The maximum atomic E-state index is 12.6. The van der Waals surface area contributed by atoms with Crippen LogP contribution in [-0.2, 0) is 4.79 Å². The highest BCUT2D eigenvalue weighted by Crippen LogP contribution is 2.27. The summed E-state index contributed by atoms with van der Waals surface area (Å²) < 4.78 is 5.86. The summed E-state index contributed by atoms with van der Waals surface area (Å²) in [5.74, 6) is 0.955. The number of nitrogens with zero attached hydrogens (tertiary/aromatic N) is 2. The van der Waals surface area contributed by atoms with Crippen LogP contribution >= 0.6 is 11.6 Å². The monoisotopic (exact) mass is 322 g/mol. The molecule has 2 aliphatic heterocycles. The van der Waals surface area contributed by atoms with Gasteiger partial charge in [-0.05, 0) is 38.6 Å². The maximum Gasteiger partial charge on any atom is 0.240 e. The normalized spacial score (nSPS) is 23.7. The van der Waals surface area contributed by atoms with Crippen LogP contribution in [-0.4, -0.2) is 54.5 Å². The number of ether oxygens (including phenoxy) is 1. The van der Waals surface area contributed by atoms with Crippen molar-refractivity contribution in [3.63, 3.8) is 0 Å². The number of benzene rings is 1. The van der Waals surface area contributed by atoms with E-state index in [0.29, 0.717) is 23.9 Å². The van der Waals surface area contributed by atoms with Gasteiger partial charge < -0.3 is 9.64 Å². The molecule has 3 rings (SSSR count). The van der Waals surface area contributed by atoms with Crippen molar-refractivity contribution in [3.8, 4) is 5.75 Å². The number of likely N-dealkylation sites (N-methyl/N-ethyl adjacent to an activating group) is 1. The minimum Gasteiger partial charge on any atom is -0.485 e. The molecule has 2 heterocycles. The van der Waals surface area contributed by atoms with E-state index >= 15 is 0 Å². The number of carbonyl (C=O) groups is 1. The Morgan fingerprint density at radius 2 is 2.00 bits per heavy atom. The van der Waals surface area contributed by atoms with Crippen LogP contribution in [0.3, 0.4) is 0 Å². The van der Waals surface area contributed by atoms with Crippen LogP contribution in [0.25, 0.3) is 0 Å². The molecule has 0 bridgehead atoms. The van der Waals surface area contributed by atoms with Crippen molar-refractivity contribution in [2.24, 2.45) is 0 Å². The second kappa shape index (κ2) is 6.88. The molecule has 2 fully saturated rings. The Hall–Kier alpha value is -1.26. The minimum atomic E-state index is 0.0452. The molecule has 120 valence electrons. The van der Waals surface area contributed by atoms with Crippen LogP contribution in [0.2, 0.25) is 5.02 Å². The van der Waals surface area contributed by atoms with E-state index in [9.17, 15) is 4.79 Å². The van der Waals surface area contributed by atoms with Crippen molar-refractivity contribution in [1.29, 1.82) is 0 Å². The molecule has 0 N–H and O–H groups in total. The number of amides is 1. The second-order valence-electron chi connectivity index (χ2n) is 6.26. The summed E-state index contributed by atoms with van der Waals surface area (Å²) in [5.41, 5.74) is 0. The van der Waals surface area contributed by atoms with Crippen molar-refractivity contribution < 1.29 is 9.53 Å². The highest BCUT2D eigenvalue weighted by molar-refractivity contribution is 6.32. The fourth-order valence-electron chi connectivity index (χ4n) is 3.19. The molecule has 4 nitrogen and oxygen atoms in total. The molecule has 1 aromatic rings. The van der Waals surface area contributed by atoms with E-state index in [4.69, 9.17) is 16.3 Å². The van der Waals surface area contributed by atoms with Crippen LogP contribution in [0.5, 0.6) is 5.75 Å². The second-order valence-corrected chi connectivity index (χ2v) is 6.67. The molecule has 2 saturated heterocycles. The van der Waals surface area contributed by atoms with Crippen molar-refractivity contribution in [2.45, 2.75) is 37.8 Å². The lowest BCUT2D eigenvalue weighted by Gasteiger charge is -2.42. The van der Waals surface area contributed by atoms with Gasteiger partial charge in [0.1, 0.15) is 11.9 Å². The molecule has 0 unspecified atom stereocenters. The zero-order valence-corrected chi connectivity index (χ0v) is 13.8. The Morgan fingerprint density at radius 3 is 2.77 bits per heavy atom. The van der Waals surface area contributed by atoms with E-state index in [1.807, 2.05) is 29.2 Å². The topological polar surface area (TPSA) is 32.8 Å². The number of para-hydroxylation sites is 1. The first-order valence-electron chi connectivity index (χ1n) is 8.05. The molecule has 1 amide bonds. The molecule has 0 radical (unpaired) electrons. The molecule has 0 aliphatic carbocycles. The van der Waals surface area contributed by atoms with Gasteiger partial charge in [0.2, 0.25) is 5.91 Å². The largest absolute Gasteiger partial charge is 0.485 e. The number of likely N-dealkylation sites (tertiary alicyclic amines) is 2. The first-order chi connectivity index (χ1) is 10.6. The van der Waals surface area contributed by atoms with E-state index in [0.717, 1.165) is 19.4 Å². The Kier molecular flexibility index (Phi) is 4.89. The number of halogens is 1. The highest BCUT2D eigenvalue weighted by atomic mass is 35.5. The molecule has 0 spiro atoms. The number of rotatable bonds is 3. The molecule has 22 heavy (non-hydrogen) atoms. The average molecular weight is 323 g/mol. The summed E-state index contributed by atoms with van der Waals surface area (Å²) in [6.45, 7) is 2.34. The fourth-order valence-corrected chi connectivity index (χ4v) is 3.37. The Labute approximate surface area is 137 Å². The summed E-state index contributed by atoms with van der Waals surface area (Å²) >= 11 is 6.10.